The van der Waals surface area contributed by atoms with Gasteiger partial charge in [-0.15, -0.1) is 0 Å². The number of nitrogens with zero attached hydrogens (tertiary/aromatic N) is 2. The van der Waals surface area contributed by atoms with Crippen LogP contribution in [0.5, 0.6) is 0 Å². The Kier molecular flexibility index (Phi) is 23.3. The van der Waals surface area contributed by atoms with Crippen molar-refractivity contribution in [3.8, 4) is 0 Å². The van der Waals surface area contributed by atoms with Gasteiger partial charge in [-0.05, 0) is 74.1 Å². The normalized spacial score (nSPS) is 14.1. The largest absolute Gasteiger partial charge is 0.481 e. The first kappa shape index (κ1) is 57.4. The molecule has 1 rings (SSSR count). The van der Waals surface area contributed by atoms with Gasteiger partial charge < -0.3 is 46.5 Å². The second kappa shape index (κ2) is 26.4. The highest BCUT2D eigenvalue weighted by molar-refractivity contribution is 5.96. The zero-order valence-electron chi connectivity index (χ0n) is 39.2. The molecule has 3 amide bonds. The maximum Gasteiger partial charge on any atom is 0.420 e. The van der Waals surface area contributed by atoms with Crippen molar-refractivity contribution < 1.29 is 72.7 Å². The average molecular weight is 923 g/mol. The SMILES string of the molecule is C[C@@H](O)[C@H](NC(=O)CCC(=O)[C@H](CCC(=O)O)NC(=O)C(C)(C)CC(=O)[C@@H](N)Cc1cncn1C(=O)OC(C)(C)C)C(=O)CC[C@@H](CCCCNC(=O)OC(C)(C)C)C(=O)CCC(=O)O. The van der Waals surface area contributed by atoms with Gasteiger partial charge in [0.25, 0.3) is 0 Å². The van der Waals surface area contributed by atoms with Crippen LogP contribution in [0.15, 0.2) is 12.5 Å². The number of carbonyl (C=O) groups is 10. The fraction of sp³-hybridized carbons (Fsp3) is 0.705. The van der Waals surface area contributed by atoms with E-state index >= 15 is 0 Å². The number of aliphatic carboxylic acids is 2. The fourth-order valence-electron chi connectivity index (χ4n) is 6.39. The molecule has 0 bridgehead atoms. The van der Waals surface area contributed by atoms with E-state index in [1.807, 2.05) is 0 Å². The van der Waals surface area contributed by atoms with Crippen LogP contribution < -0.4 is 21.7 Å². The summed E-state index contributed by atoms with van der Waals surface area (Å²) in [7, 11) is 0. The number of ether oxygens (including phenoxy) is 2. The average Bonchev–Trinajstić information content (AvgIpc) is 3.63. The van der Waals surface area contributed by atoms with Crippen molar-refractivity contribution in [3.63, 3.8) is 0 Å². The van der Waals surface area contributed by atoms with Crippen LogP contribution in [0.2, 0.25) is 0 Å². The lowest BCUT2D eigenvalue weighted by Gasteiger charge is -2.27. The van der Waals surface area contributed by atoms with Crippen LogP contribution in [0.4, 0.5) is 9.59 Å². The summed E-state index contributed by atoms with van der Waals surface area (Å²) in [4.78, 5) is 130. The molecular formula is C44H70N6O15. The summed E-state index contributed by atoms with van der Waals surface area (Å²) in [6.07, 6.45) is -2.32. The van der Waals surface area contributed by atoms with Gasteiger partial charge in [0.1, 0.15) is 29.4 Å². The summed E-state index contributed by atoms with van der Waals surface area (Å²) in [5.41, 5.74) is 3.53. The minimum atomic E-state index is -1.46. The van der Waals surface area contributed by atoms with Gasteiger partial charge in [-0.1, -0.05) is 20.3 Å². The summed E-state index contributed by atoms with van der Waals surface area (Å²) in [5.74, 6) is -7.02. The van der Waals surface area contributed by atoms with Crippen molar-refractivity contribution >= 4 is 59.1 Å². The number of nitrogens with two attached hydrogens (primary N) is 1. The molecule has 0 fully saturated rings. The summed E-state index contributed by atoms with van der Waals surface area (Å²) in [6.45, 7) is 14.6. The van der Waals surface area contributed by atoms with Gasteiger partial charge >= 0.3 is 24.1 Å². The fourth-order valence-corrected chi connectivity index (χ4v) is 6.39. The van der Waals surface area contributed by atoms with E-state index in [1.165, 1.54) is 33.3 Å². The number of hydrogen-bond acceptors (Lipinski definition) is 15. The van der Waals surface area contributed by atoms with Crippen LogP contribution in [0.3, 0.4) is 0 Å². The molecular weight excluding hydrogens is 853 g/mol. The topological polar surface area (TPSA) is 330 Å². The molecule has 0 radical (unpaired) electrons. The first-order valence-corrected chi connectivity index (χ1v) is 21.7. The highest BCUT2D eigenvalue weighted by Gasteiger charge is 2.36. The third-order valence-corrected chi connectivity index (χ3v) is 9.89. The Morgan fingerprint density at radius 3 is 1.89 bits per heavy atom. The molecule has 0 aliphatic rings. The van der Waals surface area contributed by atoms with Crippen molar-refractivity contribution in [3.05, 3.63) is 18.2 Å². The minimum absolute atomic E-state index is 0.00700. The molecule has 0 spiro atoms. The lowest BCUT2D eigenvalue weighted by Crippen LogP contribution is -2.49. The van der Waals surface area contributed by atoms with E-state index in [0.717, 1.165) is 4.57 Å². The lowest BCUT2D eigenvalue weighted by atomic mass is 9.83. The molecule has 21 heteroatoms. The van der Waals surface area contributed by atoms with Gasteiger partial charge in [-0.3, -0.25) is 38.4 Å². The third-order valence-electron chi connectivity index (χ3n) is 9.89. The van der Waals surface area contributed by atoms with Crippen molar-refractivity contribution in [1.82, 2.24) is 25.5 Å². The molecule has 0 aliphatic heterocycles. The summed E-state index contributed by atoms with van der Waals surface area (Å²) >= 11 is 0. The van der Waals surface area contributed by atoms with Crippen molar-refractivity contribution in [2.45, 2.75) is 181 Å². The predicted octanol–water partition coefficient (Wildman–Crippen LogP) is 3.18. The maximum absolute atomic E-state index is 13.5. The highest BCUT2D eigenvalue weighted by Crippen LogP contribution is 2.24. The van der Waals surface area contributed by atoms with E-state index in [4.69, 9.17) is 20.3 Å². The molecule has 21 nitrogen and oxygen atoms in total. The second-order valence-corrected chi connectivity index (χ2v) is 18.8. The van der Waals surface area contributed by atoms with E-state index in [-0.39, 0.29) is 50.9 Å². The Hall–Kier alpha value is -5.57. The molecule has 1 aromatic heterocycles. The Labute approximate surface area is 379 Å². The molecule has 65 heavy (non-hydrogen) atoms. The number of hydrogen-bond donors (Lipinski definition) is 7. The number of ketones is 4. The van der Waals surface area contributed by atoms with Crippen molar-refractivity contribution in [2.75, 3.05) is 6.54 Å². The van der Waals surface area contributed by atoms with E-state index in [9.17, 15) is 58.2 Å². The predicted molar refractivity (Wildman–Crippen MR) is 233 cm³/mol. The van der Waals surface area contributed by atoms with Gasteiger partial charge in [0.2, 0.25) is 11.8 Å². The molecule has 8 N–H and O–H groups in total. The van der Waals surface area contributed by atoms with E-state index in [0.29, 0.717) is 18.5 Å². The number of unbranched alkanes of at least 4 members (excludes halogenated alkanes) is 1. The summed E-state index contributed by atoms with van der Waals surface area (Å²) in [5, 5.41) is 36.4. The third kappa shape index (κ3) is 23.3. The van der Waals surface area contributed by atoms with Crippen LogP contribution >= 0.6 is 0 Å². The number of aliphatic hydroxyl groups is 1. The number of imidazole rings is 1. The van der Waals surface area contributed by atoms with Crippen LogP contribution in [-0.4, -0.2) is 126 Å². The lowest BCUT2D eigenvalue weighted by molar-refractivity contribution is -0.139. The number of carboxylic acids is 2. The molecule has 1 aromatic rings. The molecule has 0 aromatic carbocycles. The summed E-state index contributed by atoms with van der Waals surface area (Å²) < 4.78 is 11.7. The number of rotatable bonds is 29. The van der Waals surface area contributed by atoms with Gasteiger partial charge in [0, 0.05) is 63.6 Å². The van der Waals surface area contributed by atoms with Crippen LogP contribution in [-0.2, 0) is 54.3 Å². The van der Waals surface area contributed by atoms with Gasteiger partial charge in [0.15, 0.2) is 17.3 Å². The van der Waals surface area contributed by atoms with Crippen LogP contribution in [0, 0.1) is 11.3 Å². The highest BCUT2D eigenvalue weighted by atomic mass is 16.6. The zero-order chi connectivity index (χ0) is 49.9. The second-order valence-electron chi connectivity index (χ2n) is 18.8. The monoisotopic (exact) mass is 922 g/mol. The van der Waals surface area contributed by atoms with E-state index < -0.39 is 132 Å². The minimum Gasteiger partial charge on any atom is -0.481 e. The Balaban J connectivity index is 2.92. The number of amides is 3. The molecule has 366 valence electrons. The maximum atomic E-state index is 13.5. The number of aliphatic hydroxyl groups excluding tert-OH is 1. The Bertz CT molecular complexity index is 1840. The van der Waals surface area contributed by atoms with Gasteiger partial charge in [-0.2, -0.15) is 0 Å². The van der Waals surface area contributed by atoms with Crippen LogP contribution in [0.25, 0.3) is 0 Å². The van der Waals surface area contributed by atoms with Crippen LogP contribution in [0.1, 0.15) is 145 Å². The quantitative estimate of drug-likeness (QED) is 0.0567. The summed E-state index contributed by atoms with van der Waals surface area (Å²) in [6, 6.07) is -3.98. The number of carboxylic acid groups (broad SMARTS) is 2. The van der Waals surface area contributed by atoms with Gasteiger partial charge in [0.05, 0.1) is 35.7 Å². The van der Waals surface area contributed by atoms with E-state index in [1.54, 1.807) is 41.5 Å². The molecule has 1 heterocycles. The molecule has 0 saturated carbocycles. The number of nitrogens with one attached hydrogen (secondary N) is 3. The standard InChI is InChI=1S/C44H70N6O15/c1-26(51)38(33(54)15-13-27(31(52)17-20-37(59)60)12-10-11-21-47-40(62)64-42(2,3)4)49-35(56)18-16-32(53)30(14-19-36(57)58)48-39(61)44(8,9)23-34(55)29(45)22-28-24-46-25-50(28)41(63)65-43(5,6)7/h24-27,29-30,38,51H,10-23,45H2,1-9H3,(H,47,62)(H,48,61)(H,49,56)(H,57,58)(H,59,60)/t26-,27-,29+,30+,38+/m1/s1. The number of Topliss-reactive ketones (excluding diaryl/α,β-unsaturated/α-hetero) is 4. The molecule has 0 saturated heterocycles. The number of alkyl carbamates (subject to hydrolysis) is 1. The molecule has 5 atom stereocenters. The zero-order valence-corrected chi connectivity index (χ0v) is 39.2. The Morgan fingerprint density at radius 1 is 0.723 bits per heavy atom. The smallest absolute Gasteiger partial charge is 0.420 e. The van der Waals surface area contributed by atoms with Gasteiger partial charge in [-0.25, -0.2) is 19.1 Å². The van der Waals surface area contributed by atoms with Crippen molar-refractivity contribution in [1.29, 1.82) is 0 Å². The Morgan fingerprint density at radius 2 is 1.32 bits per heavy atom. The number of carbonyl (C=O) groups excluding carboxylic acids is 8. The molecule has 0 aliphatic carbocycles. The first-order chi connectivity index (χ1) is 29.9. The molecule has 0 unspecified atom stereocenters. The van der Waals surface area contributed by atoms with E-state index in [2.05, 4.69) is 20.9 Å². The number of aromatic nitrogens is 2. The van der Waals surface area contributed by atoms with Crippen molar-refractivity contribution in [2.24, 2.45) is 17.1 Å². The first-order valence-electron chi connectivity index (χ1n) is 21.7.